The zero-order valence-corrected chi connectivity index (χ0v) is 23.6. The molecule has 4 aliphatic carbocycles. The van der Waals surface area contributed by atoms with Crippen molar-refractivity contribution >= 4 is 0 Å². The largest absolute Gasteiger partial charge is 0.0599 e. The van der Waals surface area contributed by atoms with Crippen molar-refractivity contribution in [2.75, 3.05) is 0 Å². The Kier molecular flexibility index (Phi) is 6.65. The molecule has 0 heteroatoms. The van der Waals surface area contributed by atoms with Crippen LogP contribution in [0.2, 0.25) is 0 Å². The van der Waals surface area contributed by atoms with Crippen LogP contribution in [0.15, 0.2) is 0 Å². The predicted molar refractivity (Wildman–Crippen MR) is 138 cm³/mol. The van der Waals surface area contributed by atoms with E-state index in [1.807, 2.05) is 0 Å². The highest BCUT2D eigenvalue weighted by Gasteiger charge is 2.57. The minimum absolute atomic E-state index is 0.543. The smallest absolute Gasteiger partial charge is 0.0286 e. The predicted octanol–water partition coefficient (Wildman–Crippen LogP) is 10.0. The Balaban J connectivity index is 0.000000176. The molecule has 1 spiro atoms. The molecule has 0 radical (unpaired) electrons. The normalized spacial score (nSPS) is 40.6. The molecule has 0 bridgehead atoms. The van der Waals surface area contributed by atoms with E-state index in [1.165, 1.54) is 51.4 Å². The SMILES string of the molecule is CC(C)(C)C1CC2(C1)CC(C(C)(C)C)C2.CC(C)(C)C1CC2CC(C(C)(C)C)CC2C1. The van der Waals surface area contributed by atoms with Crippen molar-refractivity contribution in [1.29, 1.82) is 0 Å². The zero-order chi connectivity index (χ0) is 23.6. The van der Waals surface area contributed by atoms with E-state index >= 15 is 0 Å². The van der Waals surface area contributed by atoms with Gasteiger partial charge in [0.05, 0.1) is 0 Å². The van der Waals surface area contributed by atoms with E-state index in [0.717, 1.165) is 40.9 Å². The van der Waals surface area contributed by atoms with Gasteiger partial charge in [-0.15, -0.1) is 0 Å². The molecule has 0 aromatic rings. The van der Waals surface area contributed by atoms with Gasteiger partial charge in [-0.3, -0.25) is 0 Å². The van der Waals surface area contributed by atoms with Crippen LogP contribution in [0, 0.1) is 62.6 Å². The van der Waals surface area contributed by atoms with Gasteiger partial charge in [-0.25, -0.2) is 0 Å². The maximum atomic E-state index is 2.43. The molecule has 0 saturated heterocycles. The van der Waals surface area contributed by atoms with Crippen LogP contribution in [0.25, 0.3) is 0 Å². The monoisotopic (exact) mass is 430 g/mol. The van der Waals surface area contributed by atoms with Crippen molar-refractivity contribution < 1.29 is 0 Å². The van der Waals surface area contributed by atoms with Crippen molar-refractivity contribution in [3.63, 3.8) is 0 Å². The van der Waals surface area contributed by atoms with Crippen LogP contribution >= 0.6 is 0 Å². The second kappa shape index (κ2) is 8.05. The number of rotatable bonds is 0. The van der Waals surface area contributed by atoms with Crippen molar-refractivity contribution in [3.05, 3.63) is 0 Å². The maximum Gasteiger partial charge on any atom is -0.0286 e. The van der Waals surface area contributed by atoms with Crippen LogP contribution in [-0.4, -0.2) is 0 Å². The summed E-state index contributed by atoms with van der Waals surface area (Å²) in [5, 5.41) is 0. The minimum atomic E-state index is 0.543. The molecule has 0 nitrogen and oxygen atoms in total. The lowest BCUT2D eigenvalue weighted by Crippen LogP contribution is -2.53. The first kappa shape index (κ1) is 25.6. The average molecular weight is 431 g/mol. The van der Waals surface area contributed by atoms with E-state index < -0.39 is 0 Å². The molecule has 0 aliphatic heterocycles. The second-order valence-electron chi connectivity index (χ2n) is 17.0. The first-order valence-corrected chi connectivity index (χ1v) is 13.8. The third-order valence-corrected chi connectivity index (χ3v) is 10.6. The Morgan fingerprint density at radius 2 is 0.613 bits per heavy atom. The lowest BCUT2D eigenvalue weighted by Gasteiger charge is -2.63. The number of hydrogen-bond donors (Lipinski definition) is 0. The van der Waals surface area contributed by atoms with Crippen LogP contribution in [0.4, 0.5) is 0 Å². The van der Waals surface area contributed by atoms with Crippen LogP contribution in [0.1, 0.15) is 134 Å². The van der Waals surface area contributed by atoms with Gasteiger partial charge in [0.1, 0.15) is 0 Å². The van der Waals surface area contributed by atoms with Crippen molar-refractivity contribution in [1.82, 2.24) is 0 Å². The molecule has 0 aromatic heterocycles. The first-order chi connectivity index (χ1) is 13.8. The van der Waals surface area contributed by atoms with Crippen LogP contribution in [0.5, 0.6) is 0 Å². The maximum absolute atomic E-state index is 2.43. The number of hydrogen-bond acceptors (Lipinski definition) is 0. The van der Waals surface area contributed by atoms with Gasteiger partial charge in [0, 0.05) is 0 Å². The summed E-state index contributed by atoms with van der Waals surface area (Å²) in [5.41, 5.74) is 3.00. The van der Waals surface area contributed by atoms with E-state index in [2.05, 4.69) is 83.1 Å². The van der Waals surface area contributed by atoms with Gasteiger partial charge in [0.15, 0.2) is 0 Å². The Bertz CT molecular complexity index is 527. The first-order valence-electron chi connectivity index (χ1n) is 13.8. The standard InChI is InChI=1S/C16H30.C15H28/c1-15(2,3)13-7-11-9-14(16(4,5)6)10-12(11)8-13;1-13(2,3)11-7-15(8-11)9-12(10-15)14(4,5)6/h11-14H,7-10H2,1-6H3;11-12H,7-10H2,1-6H3. The molecule has 31 heavy (non-hydrogen) atoms. The number of fused-ring (bicyclic) bond motifs is 1. The Morgan fingerprint density at radius 1 is 0.387 bits per heavy atom. The molecule has 0 unspecified atom stereocenters. The second-order valence-corrected chi connectivity index (χ2v) is 17.0. The van der Waals surface area contributed by atoms with Crippen LogP contribution in [-0.2, 0) is 0 Å². The summed E-state index contributed by atoms with van der Waals surface area (Å²) in [6.45, 7) is 29.0. The van der Waals surface area contributed by atoms with Crippen molar-refractivity contribution in [3.8, 4) is 0 Å². The van der Waals surface area contributed by atoms with E-state index in [0.29, 0.717) is 21.7 Å². The van der Waals surface area contributed by atoms with Gasteiger partial charge >= 0.3 is 0 Å². The molecular weight excluding hydrogens is 372 g/mol. The van der Waals surface area contributed by atoms with Crippen LogP contribution < -0.4 is 0 Å². The summed E-state index contributed by atoms with van der Waals surface area (Å²) in [5.74, 6) is 6.10. The Hall–Kier alpha value is 0. The van der Waals surface area contributed by atoms with E-state index in [-0.39, 0.29) is 0 Å². The fourth-order valence-electron chi connectivity index (χ4n) is 7.56. The van der Waals surface area contributed by atoms with Gasteiger partial charge in [-0.05, 0) is 114 Å². The lowest BCUT2D eigenvalue weighted by molar-refractivity contribution is -0.129. The molecule has 0 atom stereocenters. The van der Waals surface area contributed by atoms with Crippen molar-refractivity contribution in [2.45, 2.75) is 134 Å². The molecular formula is C31H58. The van der Waals surface area contributed by atoms with E-state index in [4.69, 9.17) is 0 Å². The molecule has 4 aliphatic rings. The lowest BCUT2D eigenvalue weighted by atomic mass is 9.42. The quantitative estimate of drug-likeness (QED) is 0.358. The average Bonchev–Trinajstić information content (AvgIpc) is 2.98. The highest BCUT2D eigenvalue weighted by molar-refractivity contribution is 5.07. The third-order valence-electron chi connectivity index (χ3n) is 10.6. The minimum Gasteiger partial charge on any atom is -0.0599 e. The molecule has 0 heterocycles. The van der Waals surface area contributed by atoms with Gasteiger partial charge in [0.25, 0.3) is 0 Å². The van der Waals surface area contributed by atoms with Gasteiger partial charge in [-0.1, -0.05) is 83.1 Å². The van der Waals surface area contributed by atoms with E-state index in [9.17, 15) is 0 Å². The topological polar surface area (TPSA) is 0 Å². The van der Waals surface area contributed by atoms with Gasteiger partial charge in [-0.2, -0.15) is 0 Å². The summed E-state index contributed by atoms with van der Waals surface area (Å²) < 4.78 is 0. The molecule has 4 rings (SSSR count). The van der Waals surface area contributed by atoms with E-state index in [1.54, 1.807) is 0 Å². The molecule has 0 N–H and O–H groups in total. The fraction of sp³-hybridized carbons (Fsp3) is 1.00. The molecule has 182 valence electrons. The molecule has 0 aromatic carbocycles. The van der Waals surface area contributed by atoms with Crippen molar-refractivity contribution in [2.24, 2.45) is 62.6 Å². The summed E-state index contributed by atoms with van der Waals surface area (Å²) in [4.78, 5) is 0. The summed E-state index contributed by atoms with van der Waals surface area (Å²) in [7, 11) is 0. The summed E-state index contributed by atoms with van der Waals surface area (Å²) >= 11 is 0. The fourth-order valence-corrected chi connectivity index (χ4v) is 7.56. The molecule has 4 fully saturated rings. The van der Waals surface area contributed by atoms with Crippen LogP contribution in [0.3, 0.4) is 0 Å². The highest BCUT2D eigenvalue weighted by atomic mass is 14.6. The summed E-state index contributed by atoms with van der Waals surface area (Å²) in [6.07, 6.45) is 12.1. The summed E-state index contributed by atoms with van der Waals surface area (Å²) in [6, 6.07) is 0. The van der Waals surface area contributed by atoms with Gasteiger partial charge in [0.2, 0.25) is 0 Å². The Labute approximate surface area is 197 Å². The Morgan fingerprint density at radius 3 is 0.806 bits per heavy atom. The van der Waals surface area contributed by atoms with Gasteiger partial charge < -0.3 is 0 Å². The zero-order valence-electron chi connectivity index (χ0n) is 23.6. The molecule has 4 saturated carbocycles. The molecule has 0 amide bonds. The third kappa shape index (κ3) is 5.74. The highest BCUT2D eigenvalue weighted by Crippen LogP contribution is 2.67.